The third-order valence-corrected chi connectivity index (χ3v) is 2.09. The summed E-state index contributed by atoms with van der Waals surface area (Å²) in [5, 5.41) is 4.92. The second-order valence-electron chi connectivity index (χ2n) is 3.25. The summed E-state index contributed by atoms with van der Waals surface area (Å²) in [6, 6.07) is 3.93. The molecule has 0 radical (unpaired) electrons. The monoisotopic (exact) mass is 219 g/mol. The predicted octanol–water partition coefficient (Wildman–Crippen LogP) is 1.56. The predicted molar refractivity (Wildman–Crippen MR) is 61.5 cm³/mol. The Labute approximate surface area is 93.1 Å². The highest BCUT2D eigenvalue weighted by Crippen LogP contribution is 2.11. The number of aromatic amines is 1. The first kappa shape index (κ1) is 10.6. The van der Waals surface area contributed by atoms with Gasteiger partial charge in [0.25, 0.3) is 0 Å². The summed E-state index contributed by atoms with van der Waals surface area (Å²) in [5.41, 5.74) is 1.88. The molecule has 0 bridgehead atoms. The Balaban J connectivity index is 1.98. The van der Waals surface area contributed by atoms with Crippen molar-refractivity contribution in [1.29, 1.82) is 0 Å². The van der Waals surface area contributed by atoms with Crippen molar-refractivity contribution < 1.29 is 9.57 Å². The standard InChI is InChI=1S/C11H13N3O2/c1-15-4-5-16-13-7-10-6-9-2-3-12-8-11(9)14-10/h2-3,6-8,14H,4-5H2,1H3/b13-7+. The molecule has 0 fully saturated rings. The first-order chi connectivity index (χ1) is 7.90. The molecule has 0 aromatic carbocycles. The summed E-state index contributed by atoms with van der Waals surface area (Å²) in [4.78, 5) is 12.2. The van der Waals surface area contributed by atoms with E-state index in [1.807, 2.05) is 12.1 Å². The van der Waals surface area contributed by atoms with Crippen LogP contribution >= 0.6 is 0 Å². The van der Waals surface area contributed by atoms with Crippen LogP contribution in [0, 0.1) is 0 Å². The van der Waals surface area contributed by atoms with E-state index in [0.29, 0.717) is 13.2 Å². The van der Waals surface area contributed by atoms with Gasteiger partial charge in [-0.05, 0) is 12.1 Å². The van der Waals surface area contributed by atoms with E-state index >= 15 is 0 Å². The maximum absolute atomic E-state index is 4.98. The Bertz CT molecular complexity index is 446. The number of H-pyrrole nitrogens is 1. The number of hydrogen-bond donors (Lipinski definition) is 1. The number of hydrogen-bond acceptors (Lipinski definition) is 4. The number of ether oxygens (including phenoxy) is 1. The SMILES string of the molecule is COCCO/N=C/c1cc2ccncc2[nH]1. The number of fused-ring (bicyclic) bond motifs is 1. The largest absolute Gasteiger partial charge is 0.393 e. The van der Waals surface area contributed by atoms with Crippen LogP contribution < -0.4 is 0 Å². The zero-order valence-corrected chi connectivity index (χ0v) is 9.01. The molecule has 0 spiro atoms. The molecule has 5 nitrogen and oxygen atoms in total. The fourth-order valence-corrected chi connectivity index (χ4v) is 1.33. The number of aromatic nitrogens is 2. The van der Waals surface area contributed by atoms with Gasteiger partial charge in [-0.1, -0.05) is 5.16 Å². The quantitative estimate of drug-likeness (QED) is 0.471. The van der Waals surface area contributed by atoms with Crippen molar-refractivity contribution in [1.82, 2.24) is 9.97 Å². The van der Waals surface area contributed by atoms with E-state index in [1.54, 1.807) is 25.7 Å². The Morgan fingerprint density at radius 2 is 2.44 bits per heavy atom. The summed E-state index contributed by atoms with van der Waals surface area (Å²) in [6.45, 7) is 0.989. The molecular formula is C11H13N3O2. The molecule has 0 aliphatic rings. The Kier molecular flexibility index (Phi) is 3.50. The Morgan fingerprint density at radius 1 is 1.50 bits per heavy atom. The maximum Gasteiger partial charge on any atom is 0.140 e. The van der Waals surface area contributed by atoms with Crippen LogP contribution in [0.1, 0.15) is 5.69 Å². The fraction of sp³-hybridized carbons (Fsp3) is 0.273. The van der Waals surface area contributed by atoms with Crippen LogP contribution in [0.15, 0.2) is 29.7 Å². The Hall–Kier alpha value is -1.88. The zero-order valence-electron chi connectivity index (χ0n) is 9.01. The second kappa shape index (κ2) is 5.27. The van der Waals surface area contributed by atoms with Gasteiger partial charge >= 0.3 is 0 Å². The second-order valence-corrected chi connectivity index (χ2v) is 3.25. The number of pyridine rings is 1. The smallest absolute Gasteiger partial charge is 0.140 e. The van der Waals surface area contributed by atoms with Crippen molar-refractivity contribution >= 4 is 17.1 Å². The summed E-state index contributed by atoms with van der Waals surface area (Å²) in [6.07, 6.45) is 5.17. The molecule has 0 saturated carbocycles. The molecule has 16 heavy (non-hydrogen) atoms. The highest BCUT2D eigenvalue weighted by atomic mass is 16.6. The van der Waals surface area contributed by atoms with Crippen LogP contribution in [0.5, 0.6) is 0 Å². The molecule has 2 aromatic heterocycles. The minimum atomic E-state index is 0.453. The normalized spacial score (nSPS) is 11.3. The van der Waals surface area contributed by atoms with E-state index in [-0.39, 0.29) is 0 Å². The van der Waals surface area contributed by atoms with Crippen LogP contribution in [-0.4, -0.2) is 36.5 Å². The number of nitrogens with zero attached hydrogens (tertiary/aromatic N) is 2. The molecule has 84 valence electrons. The van der Waals surface area contributed by atoms with Gasteiger partial charge in [-0.2, -0.15) is 0 Å². The molecule has 2 rings (SSSR count). The highest BCUT2D eigenvalue weighted by molar-refractivity contribution is 5.88. The van der Waals surface area contributed by atoms with Crippen LogP contribution in [0.3, 0.4) is 0 Å². The molecule has 1 N–H and O–H groups in total. The molecule has 0 amide bonds. The van der Waals surface area contributed by atoms with Gasteiger partial charge in [0.15, 0.2) is 0 Å². The lowest BCUT2D eigenvalue weighted by molar-refractivity contribution is 0.0759. The summed E-state index contributed by atoms with van der Waals surface area (Å²) < 4.78 is 4.83. The summed E-state index contributed by atoms with van der Waals surface area (Å²) in [5.74, 6) is 0. The van der Waals surface area contributed by atoms with Gasteiger partial charge in [0.2, 0.25) is 0 Å². The molecule has 2 aromatic rings. The van der Waals surface area contributed by atoms with Crippen molar-refractivity contribution in [2.45, 2.75) is 0 Å². The molecule has 0 unspecified atom stereocenters. The maximum atomic E-state index is 4.98. The van der Waals surface area contributed by atoms with Crippen molar-refractivity contribution in [2.24, 2.45) is 5.16 Å². The summed E-state index contributed by atoms with van der Waals surface area (Å²) in [7, 11) is 1.62. The van der Waals surface area contributed by atoms with Gasteiger partial charge in [0, 0.05) is 18.7 Å². The average Bonchev–Trinajstić information content (AvgIpc) is 2.71. The van der Waals surface area contributed by atoms with Crippen LogP contribution in [0.4, 0.5) is 0 Å². The molecule has 0 saturated heterocycles. The van der Waals surface area contributed by atoms with Crippen molar-refractivity contribution in [3.05, 3.63) is 30.2 Å². The molecular weight excluding hydrogens is 206 g/mol. The number of methoxy groups -OCH3 is 1. The summed E-state index contributed by atoms with van der Waals surface area (Å²) >= 11 is 0. The van der Waals surface area contributed by atoms with E-state index in [9.17, 15) is 0 Å². The highest BCUT2D eigenvalue weighted by Gasteiger charge is 1.97. The molecule has 0 aliphatic heterocycles. The average molecular weight is 219 g/mol. The van der Waals surface area contributed by atoms with Crippen LogP contribution in [0.2, 0.25) is 0 Å². The lowest BCUT2D eigenvalue weighted by Gasteiger charge is -1.95. The van der Waals surface area contributed by atoms with Gasteiger partial charge < -0.3 is 14.6 Å². The molecule has 5 heteroatoms. The van der Waals surface area contributed by atoms with Gasteiger partial charge in [0.1, 0.15) is 6.61 Å². The number of nitrogens with one attached hydrogen (secondary N) is 1. The van der Waals surface area contributed by atoms with Gasteiger partial charge in [-0.25, -0.2) is 0 Å². The third-order valence-electron chi connectivity index (χ3n) is 2.09. The van der Waals surface area contributed by atoms with Gasteiger partial charge in [0.05, 0.1) is 30.2 Å². The molecule has 2 heterocycles. The number of rotatable bonds is 5. The fourth-order valence-electron chi connectivity index (χ4n) is 1.33. The van der Waals surface area contributed by atoms with Crippen molar-refractivity contribution in [3.63, 3.8) is 0 Å². The van der Waals surface area contributed by atoms with Gasteiger partial charge in [-0.15, -0.1) is 0 Å². The lowest BCUT2D eigenvalue weighted by atomic mass is 10.3. The van der Waals surface area contributed by atoms with Crippen LogP contribution in [-0.2, 0) is 9.57 Å². The van der Waals surface area contributed by atoms with E-state index in [2.05, 4.69) is 15.1 Å². The molecule has 0 atom stereocenters. The first-order valence-electron chi connectivity index (χ1n) is 4.97. The van der Waals surface area contributed by atoms with E-state index < -0.39 is 0 Å². The minimum absolute atomic E-state index is 0.453. The Morgan fingerprint density at radius 3 is 3.25 bits per heavy atom. The topological polar surface area (TPSA) is 59.5 Å². The van der Waals surface area contributed by atoms with E-state index in [0.717, 1.165) is 16.6 Å². The van der Waals surface area contributed by atoms with Crippen molar-refractivity contribution in [3.8, 4) is 0 Å². The lowest BCUT2D eigenvalue weighted by Crippen LogP contribution is -1.97. The minimum Gasteiger partial charge on any atom is -0.393 e. The van der Waals surface area contributed by atoms with Gasteiger partial charge in [-0.3, -0.25) is 4.98 Å². The zero-order chi connectivity index (χ0) is 11.2. The van der Waals surface area contributed by atoms with Crippen molar-refractivity contribution in [2.75, 3.05) is 20.3 Å². The van der Waals surface area contributed by atoms with E-state index in [1.165, 1.54) is 0 Å². The first-order valence-corrected chi connectivity index (χ1v) is 4.97. The van der Waals surface area contributed by atoms with Crippen LogP contribution in [0.25, 0.3) is 10.9 Å². The molecule has 0 aliphatic carbocycles. The third kappa shape index (κ3) is 2.58. The number of oxime groups is 1. The van der Waals surface area contributed by atoms with E-state index in [4.69, 9.17) is 9.57 Å².